The summed E-state index contributed by atoms with van der Waals surface area (Å²) >= 11 is 1.59. The third-order valence-corrected chi connectivity index (χ3v) is 5.14. The highest BCUT2D eigenvalue weighted by Crippen LogP contribution is 2.26. The summed E-state index contributed by atoms with van der Waals surface area (Å²) in [6, 6.07) is 0. The van der Waals surface area contributed by atoms with Crippen LogP contribution in [-0.4, -0.2) is 40.6 Å². The monoisotopic (exact) mass is 310 g/mol. The molecule has 4 nitrogen and oxygen atoms in total. The van der Waals surface area contributed by atoms with Gasteiger partial charge in [-0.2, -0.15) is 0 Å². The number of aromatic nitrogens is 1. The third-order valence-electron chi connectivity index (χ3n) is 4.01. The van der Waals surface area contributed by atoms with Gasteiger partial charge in [-0.3, -0.25) is 4.79 Å². The summed E-state index contributed by atoms with van der Waals surface area (Å²) < 4.78 is 0. The van der Waals surface area contributed by atoms with Gasteiger partial charge in [0, 0.05) is 24.4 Å². The lowest BCUT2D eigenvalue weighted by atomic mass is 10.0. The average Bonchev–Trinajstić information content (AvgIpc) is 2.79. The molecular formula is C16H26N2O2S. The normalized spacial score (nSPS) is 20.1. The first kappa shape index (κ1) is 16.4. The zero-order valence-corrected chi connectivity index (χ0v) is 14.1. The number of hydrogen-bond donors (Lipinski definition) is 1. The molecule has 2 heterocycles. The van der Waals surface area contributed by atoms with Crippen molar-refractivity contribution in [2.45, 2.75) is 52.4 Å². The molecule has 1 saturated heterocycles. The second kappa shape index (κ2) is 7.36. The van der Waals surface area contributed by atoms with Gasteiger partial charge in [-0.1, -0.05) is 20.8 Å². The van der Waals surface area contributed by atoms with E-state index in [-0.39, 0.29) is 6.42 Å². The largest absolute Gasteiger partial charge is 0.481 e. The Morgan fingerprint density at radius 3 is 2.90 bits per heavy atom. The standard InChI is InChI=1S/C16H26N2O2S/c1-11(2)16-13(9-15(19)20)21-14(17-16)6-8-18-7-4-5-12(3)10-18/h11-12H,4-10H2,1-3H3,(H,19,20). The fourth-order valence-corrected chi connectivity index (χ4v) is 4.18. The van der Waals surface area contributed by atoms with Crippen molar-refractivity contribution in [2.24, 2.45) is 5.92 Å². The van der Waals surface area contributed by atoms with Crippen molar-refractivity contribution >= 4 is 17.3 Å². The summed E-state index contributed by atoms with van der Waals surface area (Å²) in [5.41, 5.74) is 0.976. The number of rotatable bonds is 6. The number of nitrogens with zero attached hydrogens (tertiary/aromatic N) is 2. The van der Waals surface area contributed by atoms with E-state index >= 15 is 0 Å². The lowest BCUT2D eigenvalue weighted by molar-refractivity contribution is -0.136. The van der Waals surface area contributed by atoms with E-state index < -0.39 is 5.97 Å². The molecule has 1 aromatic rings. The van der Waals surface area contributed by atoms with Gasteiger partial charge in [0.1, 0.15) is 0 Å². The van der Waals surface area contributed by atoms with Crippen molar-refractivity contribution in [3.63, 3.8) is 0 Å². The molecule has 5 heteroatoms. The van der Waals surface area contributed by atoms with E-state index in [1.807, 2.05) is 0 Å². The van der Waals surface area contributed by atoms with Crippen molar-refractivity contribution < 1.29 is 9.90 Å². The molecule has 0 amide bonds. The molecule has 2 rings (SSSR count). The average molecular weight is 310 g/mol. The predicted octanol–water partition coefficient (Wildman–Crippen LogP) is 3.17. The Kier molecular flexibility index (Phi) is 5.76. The lowest BCUT2D eigenvalue weighted by Gasteiger charge is -2.30. The maximum atomic E-state index is 11.0. The molecule has 1 fully saturated rings. The smallest absolute Gasteiger partial charge is 0.308 e. The van der Waals surface area contributed by atoms with E-state index in [1.54, 1.807) is 11.3 Å². The first-order chi connectivity index (χ1) is 9.95. The first-order valence-corrected chi connectivity index (χ1v) is 8.70. The Labute approximate surface area is 131 Å². The number of carboxylic acid groups (broad SMARTS) is 1. The van der Waals surface area contributed by atoms with Gasteiger partial charge in [-0.25, -0.2) is 4.98 Å². The molecule has 1 unspecified atom stereocenters. The van der Waals surface area contributed by atoms with Crippen molar-refractivity contribution in [1.82, 2.24) is 9.88 Å². The molecule has 0 saturated carbocycles. The van der Waals surface area contributed by atoms with Crippen LogP contribution >= 0.6 is 11.3 Å². The molecule has 1 N–H and O–H groups in total. The lowest BCUT2D eigenvalue weighted by Crippen LogP contribution is -2.35. The highest BCUT2D eigenvalue weighted by molar-refractivity contribution is 7.11. The number of piperidine rings is 1. The van der Waals surface area contributed by atoms with Crippen molar-refractivity contribution in [3.8, 4) is 0 Å². The Bertz CT molecular complexity index is 485. The van der Waals surface area contributed by atoms with Crippen molar-refractivity contribution in [3.05, 3.63) is 15.6 Å². The maximum absolute atomic E-state index is 11.0. The fourth-order valence-electron chi connectivity index (χ4n) is 2.98. The van der Waals surface area contributed by atoms with Crippen LogP contribution in [-0.2, 0) is 17.6 Å². The Morgan fingerprint density at radius 2 is 2.29 bits per heavy atom. The maximum Gasteiger partial charge on any atom is 0.308 e. The van der Waals surface area contributed by atoms with E-state index in [9.17, 15) is 4.79 Å². The highest BCUT2D eigenvalue weighted by Gasteiger charge is 2.19. The van der Waals surface area contributed by atoms with Gasteiger partial charge >= 0.3 is 5.97 Å². The van der Waals surface area contributed by atoms with Gasteiger partial charge < -0.3 is 10.0 Å². The second-order valence-electron chi connectivity index (χ2n) is 6.44. The van der Waals surface area contributed by atoms with E-state index in [4.69, 9.17) is 10.1 Å². The molecule has 0 aromatic carbocycles. The van der Waals surface area contributed by atoms with Gasteiger partial charge in [-0.15, -0.1) is 11.3 Å². The highest BCUT2D eigenvalue weighted by atomic mass is 32.1. The minimum atomic E-state index is -0.767. The molecular weight excluding hydrogens is 284 g/mol. The van der Waals surface area contributed by atoms with Crippen LogP contribution in [0.3, 0.4) is 0 Å². The number of aliphatic carboxylic acids is 1. The van der Waals surface area contributed by atoms with Crippen molar-refractivity contribution in [1.29, 1.82) is 0 Å². The quantitative estimate of drug-likeness (QED) is 0.877. The molecule has 1 aromatic heterocycles. The van der Waals surface area contributed by atoms with E-state index in [1.165, 1.54) is 25.9 Å². The molecule has 0 bridgehead atoms. The molecule has 0 aliphatic carbocycles. The van der Waals surface area contributed by atoms with Crippen LogP contribution in [0.15, 0.2) is 0 Å². The number of likely N-dealkylation sites (tertiary alicyclic amines) is 1. The van der Waals surface area contributed by atoms with E-state index in [0.29, 0.717) is 5.92 Å². The topological polar surface area (TPSA) is 53.4 Å². The predicted molar refractivity (Wildman–Crippen MR) is 86.1 cm³/mol. The SMILES string of the molecule is CC1CCCN(CCc2nc(C(C)C)c(CC(=O)O)s2)C1. The summed E-state index contributed by atoms with van der Waals surface area (Å²) in [5.74, 6) is 0.320. The van der Waals surface area contributed by atoms with Crippen LogP contribution in [0.1, 0.15) is 55.1 Å². The van der Waals surface area contributed by atoms with Gasteiger partial charge in [-0.05, 0) is 31.2 Å². The van der Waals surface area contributed by atoms with Crippen molar-refractivity contribution in [2.75, 3.05) is 19.6 Å². The van der Waals surface area contributed by atoms with Crippen LogP contribution in [0.2, 0.25) is 0 Å². The van der Waals surface area contributed by atoms with Gasteiger partial charge in [0.2, 0.25) is 0 Å². The van der Waals surface area contributed by atoms with Crippen LogP contribution in [0.5, 0.6) is 0 Å². The molecule has 0 radical (unpaired) electrons. The first-order valence-electron chi connectivity index (χ1n) is 7.88. The minimum Gasteiger partial charge on any atom is -0.481 e. The zero-order chi connectivity index (χ0) is 15.4. The number of hydrogen-bond acceptors (Lipinski definition) is 4. The van der Waals surface area contributed by atoms with Gasteiger partial charge in [0.15, 0.2) is 0 Å². The van der Waals surface area contributed by atoms with Crippen LogP contribution < -0.4 is 0 Å². The molecule has 1 atom stereocenters. The molecule has 0 spiro atoms. The van der Waals surface area contributed by atoms with Crippen LogP contribution in [0.4, 0.5) is 0 Å². The van der Waals surface area contributed by atoms with E-state index in [2.05, 4.69) is 25.7 Å². The molecule has 1 aliphatic heterocycles. The van der Waals surface area contributed by atoms with Gasteiger partial charge in [0.25, 0.3) is 0 Å². The fraction of sp³-hybridized carbons (Fsp3) is 0.750. The summed E-state index contributed by atoms with van der Waals surface area (Å²) in [6.45, 7) is 9.89. The Morgan fingerprint density at radius 1 is 1.52 bits per heavy atom. The molecule has 1 aliphatic rings. The number of thiazole rings is 1. The number of carbonyl (C=O) groups is 1. The number of carboxylic acids is 1. The van der Waals surface area contributed by atoms with E-state index in [0.717, 1.165) is 34.5 Å². The second-order valence-corrected chi connectivity index (χ2v) is 7.61. The van der Waals surface area contributed by atoms with Gasteiger partial charge in [0.05, 0.1) is 17.1 Å². The molecule has 118 valence electrons. The van der Waals surface area contributed by atoms with Crippen LogP contribution in [0.25, 0.3) is 0 Å². The summed E-state index contributed by atoms with van der Waals surface area (Å²) in [4.78, 5) is 19.1. The summed E-state index contributed by atoms with van der Waals surface area (Å²) in [7, 11) is 0. The summed E-state index contributed by atoms with van der Waals surface area (Å²) in [6.07, 6.45) is 3.68. The summed E-state index contributed by atoms with van der Waals surface area (Å²) in [5, 5.41) is 10.1. The Balaban J connectivity index is 1.98. The third kappa shape index (κ3) is 4.78. The zero-order valence-electron chi connectivity index (χ0n) is 13.3. The van der Waals surface area contributed by atoms with Crippen LogP contribution in [0, 0.1) is 5.92 Å². The molecule has 21 heavy (non-hydrogen) atoms. The minimum absolute atomic E-state index is 0.103. The Hall–Kier alpha value is -0.940.